The molecule has 1 aliphatic rings. The normalized spacial score (nSPS) is 15.9. The number of carbonyl (C=O) groups excluding carboxylic acids is 1. The number of rotatable bonds is 9. The summed E-state index contributed by atoms with van der Waals surface area (Å²) in [6.07, 6.45) is 0. The minimum atomic E-state index is -3.90. The van der Waals surface area contributed by atoms with E-state index in [2.05, 4.69) is 25.8 Å². The average molecular weight is 575 g/mol. The van der Waals surface area contributed by atoms with E-state index < -0.39 is 10.0 Å². The molecule has 1 amide bonds. The molecule has 10 nitrogen and oxygen atoms in total. The van der Waals surface area contributed by atoms with Crippen LogP contribution in [-0.4, -0.2) is 56.9 Å². The van der Waals surface area contributed by atoms with Crippen molar-refractivity contribution < 1.29 is 17.9 Å². The number of nitrogens with zero attached hydrogens (tertiary/aromatic N) is 2. The van der Waals surface area contributed by atoms with Crippen LogP contribution in [0.15, 0.2) is 58.8 Å². The molecule has 13 heteroatoms. The molecule has 4 aromatic rings. The van der Waals surface area contributed by atoms with Crippen LogP contribution < -0.4 is 25.4 Å². The molecule has 200 valence electrons. The zero-order chi connectivity index (χ0) is 26.7. The zero-order valence-electron chi connectivity index (χ0n) is 20.5. The summed E-state index contributed by atoms with van der Waals surface area (Å²) in [5.74, 6) is 0.619. The molecule has 2 aromatic carbocycles. The largest absolute Gasteiger partial charge is 0.496 e. The maximum Gasteiger partial charge on any atom is 0.272 e. The summed E-state index contributed by atoms with van der Waals surface area (Å²) in [5.41, 5.74) is 2.60. The van der Waals surface area contributed by atoms with Crippen molar-refractivity contribution in [3.05, 3.63) is 70.1 Å². The maximum absolute atomic E-state index is 13.0. The minimum absolute atomic E-state index is 0.0447. The molecule has 3 heterocycles. The number of amides is 1. The smallest absolute Gasteiger partial charge is 0.272 e. The minimum Gasteiger partial charge on any atom is -0.496 e. The van der Waals surface area contributed by atoms with E-state index in [0.717, 1.165) is 35.6 Å². The highest BCUT2D eigenvalue weighted by Gasteiger charge is 2.23. The van der Waals surface area contributed by atoms with Crippen molar-refractivity contribution in [2.75, 3.05) is 31.5 Å². The van der Waals surface area contributed by atoms with Crippen molar-refractivity contribution in [2.24, 2.45) is 0 Å². The molecule has 2 aromatic heterocycles. The van der Waals surface area contributed by atoms with E-state index in [1.807, 2.05) is 36.4 Å². The number of halogens is 1. The molecule has 0 bridgehead atoms. The van der Waals surface area contributed by atoms with Crippen LogP contribution in [-0.2, 0) is 27.9 Å². The van der Waals surface area contributed by atoms with Gasteiger partial charge in [0.2, 0.25) is 5.91 Å². The van der Waals surface area contributed by atoms with Crippen molar-refractivity contribution >= 4 is 55.6 Å². The first-order chi connectivity index (χ1) is 18.3. The number of benzene rings is 2. The first-order valence-electron chi connectivity index (χ1n) is 12.0. The van der Waals surface area contributed by atoms with Gasteiger partial charge in [-0.15, -0.1) is 11.3 Å². The predicted octanol–water partition coefficient (Wildman–Crippen LogP) is 2.79. The molecule has 1 saturated heterocycles. The summed E-state index contributed by atoms with van der Waals surface area (Å²) >= 11 is 6.92. The van der Waals surface area contributed by atoms with E-state index in [1.54, 1.807) is 10.7 Å². The molecule has 4 N–H and O–H groups in total. The molecular weight excluding hydrogens is 548 g/mol. The molecule has 5 rings (SSSR count). The number of piperazine rings is 1. The lowest BCUT2D eigenvalue weighted by Crippen LogP contribution is -2.55. The van der Waals surface area contributed by atoms with Crippen molar-refractivity contribution in [3.8, 4) is 5.75 Å². The number of fused-ring (bicyclic) bond motifs is 1. The Balaban J connectivity index is 1.39. The van der Waals surface area contributed by atoms with Crippen molar-refractivity contribution in [1.29, 1.82) is 0 Å². The van der Waals surface area contributed by atoms with Crippen LogP contribution in [0.5, 0.6) is 5.75 Å². The molecule has 1 aliphatic heterocycles. The van der Waals surface area contributed by atoms with Gasteiger partial charge in [-0.2, -0.15) is 5.10 Å². The van der Waals surface area contributed by atoms with Gasteiger partial charge in [0.15, 0.2) is 5.82 Å². The number of hydrogen-bond acceptors (Lipinski definition) is 8. The topological polar surface area (TPSA) is 126 Å². The summed E-state index contributed by atoms with van der Waals surface area (Å²) in [6.45, 7) is 2.99. The van der Waals surface area contributed by atoms with Crippen LogP contribution in [0.25, 0.3) is 10.9 Å². The molecule has 0 spiro atoms. The summed E-state index contributed by atoms with van der Waals surface area (Å²) < 4.78 is 36.4. The summed E-state index contributed by atoms with van der Waals surface area (Å²) in [6, 6.07) is 16.0. The monoisotopic (exact) mass is 574 g/mol. The van der Waals surface area contributed by atoms with Gasteiger partial charge in [0.05, 0.1) is 34.9 Å². The molecule has 1 atom stereocenters. The van der Waals surface area contributed by atoms with Gasteiger partial charge in [0.25, 0.3) is 10.0 Å². The number of ether oxygens (including phenoxy) is 1. The van der Waals surface area contributed by atoms with Crippen LogP contribution in [0.1, 0.15) is 11.1 Å². The molecule has 1 fully saturated rings. The van der Waals surface area contributed by atoms with Gasteiger partial charge < -0.3 is 20.7 Å². The second-order valence-corrected chi connectivity index (χ2v) is 12.4. The van der Waals surface area contributed by atoms with Gasteiger partial charge in [-0.05, 0) is 35.4 Å². The highest BCUT2D eigenvalue weighted by molar-refractivity contribution is 7.94. The third-order valence-electron chi connectivity index (χ3n) is 6.15. The van der Waals surface area contributed by atoms with E-state index in [0.29, 0.717) is 40.6 Å². The molecule has 0 aliphatic carbocycles. The van der Waals surface area contributed by atoms with E-state index in [4.69, 9.17) is 16.3 Å². The van der Waals surface area contributed by atoms with Gasteiger partial charge in [0, 0.05) is 26.2 Å². The number of sulfonamides is 1. The molecular formula is C25H27ClN6O4S2. The van der Waals surface area contributed by atoms with Crippen molar-refractivity contribution in [3.63, 3.8) is 0 Å². The van der Waals surface area contributed by atoms with Gasteiger partial charge in [-0.3, -0.25) is 14.2 Å². The second kappa shape index (κ2) is 11.3. The van der Waals surface area contributed by atoms with E-state index in [1.165, 1.54) is 19.2 Å². The number of thiophene rings is 1. The van der Waals surface area contributed by atoms with Gasteiger partial charge in [-0.1, -0.05) is 41.9 Å². The molecule has 1 unspecified atom stereocenters. The average Bonchev–Trinajstić information content (AvgIpc) is 3.52. The number of methoxy groups -OCH3 is 1. The summed E-state index contributed by atoms with van der Waals surface area (Å²) in [4.78, 5) is 12.5. The summed E-state index contributed by atoms with van der Waals surface area (Å²) in [7, 11) is -2.37. The second-order valence-electron chi connectivity index (χ2n) is 8.77. The highest BCUT2D eigenvalue weighted by atomic mass is 35.5. The van der Waals surface area contributed by atoms with Gasteiger partial charge in [0.1, 0.15) is 9.96 Å². The maximum atomic E-state index is 13.0. The van der Waals surface area contributed by atoms with Crippen LogP contribution >= 0.6 is 22.9 Å². The fourth-order valence-corrected chi connectivity index (χ4v) is 6.83. The van der Waals surface area contributed by atoms with Crippen LogP contribution in [0.4, 0.5) is 5.82 Å². The van der Waals surface area contributed by atoms with Crippen molar-refractivity contribution in [1.82, 2.24) is 25.7 Å². The number of anilines is 1. The predicted molar refractivity (Wildman–Crippen MR) is 148 cm³/mol. The molecule has 0 radical (unpaired) electrons. The first-order valence-corrected chi connectivity index (χ1v) is 14.6. The van der Waals surface area contributed by atoms with E-state index in [-0.39, 0.29) is 22.0 Å². The quantitative estimate of drug-likeness (QED) is 0.242. The van der Waals surface area contributed by atoms with E-state index >= 15 is 0 Å². The third-order valence-corrected chi connectivity index (χ3v) is 9.21. The Bertz CT molecular complexity index is 1560. The van der Waals surface area contributed by atoms with Crippen LogP contribution in [0.2, 0.25) is 4.34 Å². The number of nitrogens with one attached hydrogen (secondary N) is 4. The Kier molecular flexibility index (Phi) is 7.86. The van der Waals surface area contributed by atoms with E-state index in [9.17, 15) is 13.2 Å². The summed E-state index contributed by atoms with van der Waals surface area (Å²) in [5, 5.41) is 14.6. The zero-order valence-corrected chi connectivity index (χ0v) is 22.9. The lowest BCUT2D eigenvalue weighted by atomic mass is 10.1. The lowest BCUT2D eigenvalue weighted by Gasteiger charge is -2.23. The Labute approximate surface area is 229 Å². The highest BCUT2D eigenvalue weighted by Crippen LogP contribution is 2.35. The fourth-order valence-electron chi connectivity index (χ4n) is 4.34. The first kappa shape index (κ1) is 26.4. The third kappa shape index (κ3) is 5.79. The van der Waals surface area contributed by atoms with Gasteiger partial charge >= 0.3 is 0 Å². The molecule has 0 saturated carbocycles. The van der Waals surface area contributed by atoms with Gasteiger partial charge in [-0.25, -0.2) is 8.42 Å². The Morgan fingerprint density at radius 3 is 2.74 bits per heavy atom. The van der Waals surface area contributed by atoms with Crippen molar-refractivity contribution in [2.45, 2.75) is 23.3 Å². The lowest BCUT2D eigenvalue weighted by molar-refractivity contribution is -0.123. The number of carbonyl (C=O) groups is 1. The Morgan fingerprint density at radius 2 is 2.00 bits per heavy atom. The van der Waals surface area contributed by atoms with Crippen LogP contribution in [0, 0.1) is 0 Å². The van der Waals surface area contributed by atoms with Crippen LogP contribution in [0.3, 0.4) is 0 Å². The number of aromatic nitrogens is 2. The standard InChI is InChI=1S/C25H27ClN6O4S2/c1-36-20-7-3-6-19-23(20)24(31-38(34,35)22-9-8-21(26)37-22)30-32(19)15-17-5-2-4-16(12-17)13-29-25(33)18-14-27-10-11-28-18/h2-9,12,18,27-28H,10-11,13-15H2,1H3,(H,29,33)(H,30,31). The SMILES string of the molecule is COc1cccc2c1c(NS(=O)(=O)c1ccc(Cl)s1)nn2Cc1cccc(CNC(=O)C2CNCCN2)c1. The fraction of sp³-hybridized carbons (Fsp3) is 0.280. The molecule has 38 heavy (non-hydrogen) atoms. The Hall–Kier alpha value is -3.16. The Morgan fingerprint density at radius 1 is 1.18 bits per heavy atom. The number of hydrogen-bond donors (Lipinski definition) is 4.